The van der Waals surface area contributed by atoms with Crippen molar-refractivity contribution < 1.29 is 14.7 Å². The molecular formula is C24H22N2O3. The number of carbonyl (C=O) groups excluding carboxylic acids is 2. The molecule has 1 aromatic heterocycles. The van der Waals surface area contributed by atoms with Gasteiger partial charge in [-0.25, -0.2) is 0 Å². The third kappa shape index (κ3) is 3.34. The molecule has 0 radical (unpaired) electrons. The summed E-state index contributed by atoms with van der Waals surface area (Å²) in [6.45, 7) is 4.34. The molecule has 5 heteroatoms. The number of anilines is 1. The van der Waals surface area contributed by atoms with Crippen molar-refractivity contribution in [2.75, 3.05) is 4.90 Å². The summed E-state index contributed by atoms with van der Waals surface area (Å²) < 4.78 is 0. The fourth-order valence-electron chi connectivity index (χ4n) is 3.83. The minimum Gasteiger partial charge on any atom is -0.375 e. The van der Waals surface area contributed by atoms with Crippen LogP contribution in [-0.2, 0) is 16.9 Å². The first kappa shape index (κ1) is 19.0. The van der Waals surface area contributed by atoms with Crippen molar-refractivity contribution in [3.63, 3.8) is 0 Å². The number of carbonyl (C=O) groups is 2. The van der Waals surface area contributed by atoms with Crippen LogP contribution in [0.5, 0.6) is 0 Å². The van der Waals surface area contributed by atoms with Crippen LogP contribution in [0.2, 0.25) is 0 Å². The summed E-state index contributed by atoms with van der Waals surface area (Å²) in [6.07, 6.45) is 1.18. The average Bonchev–Trinajstić information content (AvgIpc) is 2.93. The second-order valence-corrected chi connectivity index (χ2v) is 7.51. The quantitative estimate of drug-likeness (QED) is 0.679. The zero-order valence-corrected chi connectivity index (χ0v) is 16.4. The smallest absolute Gasteiger partial charge is 0.264 e. The molecule has 0 bridgehead atoms. The monoisotopic (exact) mass is 386 g/mol. The van der Waals surface area contributed by atoms with Gasteiger partial charge in [0.1, 0.15) is 5.69 Å². The van der Waals surface area contributed by atoms with E-state index in [4.69, 9.17) is 0 Å². The molecule has 1 atom stereocenters. The molecule has 0 saturated heterocycles. The molecule has 2 aromatic carbocycles. The summed E-state index contributed by atoms with van der Waals surface area (Å²) in [4.78, 5) is 31.7. The van der Waals surface area contributed by atoms with E-state index in [1.807, 2.05) is 44.2 Å². The van der Waals surface area contributed by atoms with E-state index in [9.17, 15) is 14.7 Å². The highest BCUT2D eigenvalue weighted by molar-refractivity contribution is 6.10. The maximum Gasteiger partial charge on any atom is 0.264 e. The highest BCUT2D eigenvalue weighted by atomic mass is 16.3. The first-order chi connectivity index (χ1) is 13.9. The van der Waals surface area contributed by atoms with Gasteiger partial charge in [0.05, 0.1) is 18.7 Å². The molecular weight excluding hydrogens is 364 g/mol. The molecule has 1 aliphatic heterocycles. The number of rotatable bonds is 5. The van der Waals surface area contributed by atoms with Crippen molar-refractivity contribution in [3.8, 4) is 0 Å². The maximum atomic E-state index is 13.4. The van der Waals surface area contributed by atoms with Crippen LogP contribution >= 0.6 is 0 Å². The number of benzene rings is 2. The van der Waals surface area contributed by atoms with Gasteiger partial charge in [-0.2, -0.15) is 0 Å². The van der Waals surface area contributed by atoms with E-state index in [-0.39, 0.29) is 17.9 Å². The van der Waals surface area contributed by atoms with Crippen LogP contribution < -0.4 is 4.90 Å². The predicted octanol–water partition coefficient (Wildman–Crippen LogP) is 3.71. The zero-order chi connectivity index (χ0) is 20.6. The van der Waals surface area contributed by atoms with Gasteiger partial charge in [-0.1, -0.05) is 48.0 Å². The lowest BCUT2D eigenvalue weighted by Gasteiger charge is -2.23. The summed E-state index contributed by atoms with van der Waals surface area (Å²) in [7, 11) is 0. The lowest BCUT2D eigenvalue weighted by molar-refractivity contribution is -0.136. The zero-order valence-electron chi connectivity index (χ0n) is 16.4. The van der Waals surface area contributed by atoms with E-state index in [1.54, 1.807) is 35.2 Å². The summed E-state index contributed by atoms with van der Waals surface area (Å²) in [6, 6.07) is 18.2. The van der Waals surface area contributed by atoms with Crippen LogP contribution in [0.4, 0.5) is 5.69 Å². The van der Waals surface area contributed by atoms with Crippen molar-refractivity contribution in [2.24, 2.45) is 0 Å². The Hall–Kier alpha value is -3.31. The number of aliphatic hydroxyl groups is 1. The van der Waals surface area contributed by atoms with Gasteiger partial charge in [-0.3, -0.25) is 14.6 Å². The molecule has 2 heterocycles. The standard InChI is InChI=1S/C24H22N2O3/c1-16-10-11-17(2)18(13-16)15-26-21-9-4-3-7-19(21)24(29,23(26)28)14-22(27)20-8-5-6-12-25-20/h3-13,29H,14-15H2,1-2H3/t24-/m1/s1. The van der Waals surface area contributed by atoms with E-state index < -0.39 is 11.5 Å². The first-order valence-electron chi connectivity index (χ1n) is 9.54. The summed E-state index contributed by atoms with van der Waals surface area (Å²) >= 11 is 0. The van der Waals surface area contributed by atoms with E-state index >= 15 is 0 Å². The Kier molecular flexibility index (Phi) is 4.76. The van der Waals surface area contributed by atoms with Crippen LogP contribution in [0.3, 0.4) is 0 Å². The molecule has 29 heavy (non-hydrogen) atoms. The molecule has 146 valence electrons. The van der Waals surface area contributed by atoms with E-state index in [0.29, 0.717) is 17.8 Å². The van der Waals surface area contributed by atoms with Gasteiger partial charge in [-0.15, -0.1) is 0 Å². The SMILES string of the molecule is Cc1ccc(C)c(CN2C(=O)[C@@](O)(CC(=O)c3ccccn3)c3ccccc32)c1. The number of ketones is 1. The van der Waals surface area contributed by atoms with Crippen molar-refractivity contribution in [1.82, 2.24) is 4.98 Å². The number of para-hydroxylation sites is 1. The van der Waals surface area contributed by atoms with Crippen LogP contribution in [0.1, 0.15) is 39.2 Å². The second kappa shape index (κ2) is 7.26. The first-order valence-corrected chi connectivity index (χ1v) is 9.54. The minimum absolute atomic E-state index is 0.235. The maximum absolute atomic E-state index is 13.4. The minimum atomic E-state index is -1.90. The number of nitrogens with zero attached hydrogens (tertiary/aromatic N) is 2. The lowest BCUT2D eigenvalue weighted by Crippen LogP contribution is -2.41. The van der Waals surface area contributed by atoms with Gasteiger partial charge in [-0.05, 0) is 43.2 Å². The third-order valence-corrected chi connectivity index (χ3v) is 5.44. The number of fused-ring (bicyclic) bond motifs is 1. The highest BCUT2D eigenvalue weighted by Crippen LogP contribution is 2.43. The Balaban J connectivity index is 1.71. The number of aryl methyl sites for hydroxylation is 2. The number of hydrogen-bond donors (Lipinski definition) is 1. The Morgan fingerprint density at radius 2 is 1.83 bits per heavy atom. The molecule has 0 saturated carbocycles. The molecule has 0 spiro atoms. The summed E-state index contributed by atoms with van der Waals surface area (Å²) in [5.41, 5.74) is 2.61. The van der Waals surface area contributed by atoms with Crippen LogP contribution in [0, 0.1) is 13.8 Å². The van der Waals surface area contributed by atoms with E-state index in [2.05, 4.69) is 4.98 Å². The number of amides is 1. The molecule has 0 aliphatic carbocycles. The number of pyridine rings is 1. The predicted molar refractivity (Wildman–Crippen MR) is 111 cm³/mol. The van der Waals surface area contributed by atoms with E-state index in [1.165, 1.54) is 6.20 Å². The summed E-state index contributed by atoms with van der Waals surface area (Å²) in [5, 5.41) is 11.4. The molecule has 1 N–H and O–H groups in total. The molecule has 4 rings (SSSR count). The second-order valence-electron chi connectivity index (χ2n) is 7.51. The van der Waals surface area contributed by atoms with Gasteiger partial charge < -0.3 is 10.0 Å². The third-order valence-electron chi connectivity index (χ3n) is 5.44. The fraction of sp³-hybridized carbons (Fsp3) is 0.208. The number of aromatic nitrogens is 1. The van der Waals surface area contributed by atoms with Gasteiger partial charge in [0.2, 0.25) is 0 Å². The van der Waals surface area contributed by atoms with Crippen molar-refractivity contribution in [2.45, 2.75) is 32.4 Å². The van der Waals surface area contributed by atoms with E-state index in [0.717, 1.165) is 16.7 Å². The molecule has 1 aliphatic rings. The van der Waals surface area contributed by atoms with Gasteiger partial charge in [0, 0.05) is 11.8 Å². The molecule has 0 unspecified atom stereocenters. The lowest BCUT2D eigenvalue weighted by atomic mass is 9.89. The van der Waals surface area contributed by atoms with Crippen molar-refractivity contribution in [3.05, 3.63) is 94.8 Å². The van der Waals surface area contributed by atoms with Gasteiger partial charge >= 0.3 is 0 Å². The Morgan fingerprint density at radius 3 is 2.59 bits per heavy atom. The summed E-state index contributed by atoms with van der Waals surface area (Å²) in [5.74, 6) is -0.853. The fourth-order valence-corrected chi connectivity index (χ4v) is 3.83. The highest BCUT2D eigenvalue weighted by Gasteiger charge is 2.50. The van der Waals surface area contributed by atoms with Crippen molar-refractivity contribution >= 4 is 17.4 Å². The Labute approximate surface area is 169 Å². The number of Topliss-reactive ketones (excluding diaryl/α,β-unsaturated/α-hetero) is 1. The average molecular weight is 386 g/mol. The Bertz CT molecular complexity index is 1090. The van der Waals surface area contributed by atoms with Crippen LogP contribution in [0.15, 0.2) is 66.9 Å². The van der Waals surface area contributed by atoms with Gasteiger partial charge in [0.25, 0.3) is 5.91 Å². The van der Waals surface area contributed by atoms with Crippen molar-refractivity contribution in [1.29, 1.82) is 0 Å². The topological polar surface area (TPSA) is 70.5 Å². The normalized spacial score (nSPS) is 18.0. The van der Waals surface area contributed by atoms with Crippen LogP contribution in [0.25, 0.3) is 0 Å². The molecule has 5 nitrogen and oxygen atoms in total. The molecule has 1 amide bonds. The van der Waals surface area contributed by atoms with Gasteiger partial charge in [0.15, 0.2) is 11.4 Å². The Morgan fingerprint density at radius 1 is 1.07 bits per heavy atom. The van der Waals surface area contributed by atoms with Crippen LogP contribution in [-0.4, -0.2) is 21.8 Å². The largest absolute Gasteiger partial charge is 0.375 e. The number of hydrogen-bond acceptors (Lipinski definition) is 4. The molecule has 0 fully saturated rings. The molecule has 3 aromatic rings.